The van der Waals surface area contributed by atoms with Gasteiger partial charge in [-0.15, -0.1) is 0 Å². The number of anilines is 1. The Bertz CT molecular complexity index is 1040. The Morgan fingerprint density at radius 1 is 1.19 bits per heavy atom. The summed E-state index contributed by atoms with van der Waals surface area (Å²) < 4.78 is 5.47. The first-order chi connectivity index (χ1) is 15.1. The van der Waals surface area contributed by atoms with Gasteiger partial charge in [0.15, 0.2) is 5.78 Å². The van der Waals surface area contributed by atoms with E-state index >= 15 is 0 Å². The number of aryl methyl sites for hydroxylation is 1. The molecule has 1 aromatic heterocycles. The van der Waals surface area contributed by atoms with Crippen molar-refractivity contribution < 1.29 is 14.3 Å². The molecule has 0 aliphatic carbocycles. The first-order valence-electron chi connectivity index (χ1n) is 10.4. The summed E-state index contributed by atoms with van der Waals surface area (Å²) in [5, 5.41) is 6.47. The van der Waals surface area contributed by atoms with Crippen LogP contribution in [0.25, 0.3) is 0 Å². The molecule has 0 spiro atoms. The molecule has 0 saturated carbocycles. The van der Waals surface area contributed by atoms with Gasteiger partial charge in [0.25, 0.3) is 0 Å². The molecule has 0 bridgehead atoms. The van der Waals surface area contributed by atoms with E-state index < -0.39 is 11.7 Å². The number of nitrogens with one attached hydrogen (secondary N) is 2. The molecule has 1 aliphatic heterocycles. The highest BCUT2D eigenvalue weighted by atomic mass is 16.6. The van der Waals surface area contributed by atoms with E-state index in [0.29, 0.717) is 29.3 Å². The van der Waals surface area contributed by atoms with Gasteiger partial charge in [-0.2, -0.15) is 0 Å². The summed E-state index contributed by atoms with van der Waals surface area (Å²) >= 11 is 0. The second-order valence-electron chi connectivity index (χ2n) is 8.53. The Kier molecular flexibility index (Phi) is 6.92. The molecule has 1 amide bonds. The lowest BCUT2D eigenvalue weighted by Crippen LogP contribution is -2.47. The van der Waals surface area contributed by atoms with E-state index in [0.717, 1.165) is 11.4 Å². The molecule has 0 fully saturated rings. The standard InChI is InChI=1S/C24H29N5O3/c1-16(27-18-9-7-6-8-10-18)22-20(26-13-19-11-12-25-17(2)28-19)14-29(15-21(22)30)23(31)32-24(3,4)5/h6-12,26-27H,1,13-15H2,2-5H3. The second-order valence-corrected chi connectivity index (χ2v) is 8.53. The third-order valence-corrected chi connectivity index (χ3v) is 4.60. The lowest BCUT2D eigenvalue weighted by atomic mass is 10.0. The van der Waals surface area contributed by atoms with Crippen LogP contribution in [0.5, 0.6) is 0 Å². The Labute approximate surface area is 188 Å². The Balaban J connectivity index is 1.87. The topological polar surface area (TPSA) is 96.5 Å². The lowest BCUT2D eigenvalue weighted by molar-refractivity contribution is -0.117. The van der Waals surface area contributed by atoms with Gasteiger partial charge in [0.2, 0.25) is 0 Å². The van der Waals surface area contributed by atoms with Gasteiger partial charge in [-0.05, 0) is 45.9 Å². The highest BCUT2D eigenvalue weighted by molar-refractivity contribution is 6.04. The van der Waals surface area contributed by atoms with Crippen LogP contribution in [0, 0.1) is 6.92 Å². The summed E-state index contributed by atoms with van der Waals surface area (Å²) in [6, 6.07) is 11.3. The van der Waals surface area contributed by atoms with E-state index in [4.69, 9.17) is 4.74 Å². The monoisotopic (exact) mass is 435 g/mol. The smallest absolute Gasteiger partial charge is 0.411 e. The second kappa shape index (κ2) is 9.64. The van der Waals surface area contributed by atoms with E-state index in [1.54, 1.807) is 33.0 Å². The number of nitrogens with zero attached hydrogens (tertiary/aromatic N) is 3. The summed E-state index contributed by atoms with van der Waals surface area (Å²) in [6.07, 6.45) is 1.15. The van der Waals surface area contributed by atoms with Crippen molar-refractivity contribution in [1.82, 2.24) is 20.2 Å². The quantitative estimate of drug-likeness (QED) is 0.716. The molecule has 0 atom stereocenters. The van der Waals surface area contributed by atoms with Crippen LogP contribution in [0.2, 0.25) is 0 Å². The number of aromatic nitrogens is 2. The van der Waals surface area contributed by atoms with Crippen LogP contribution in [-0.4, -0.2) is 45.4 Å². The number of amides is 1. The molecule has 0 radical (unpaired) electrons. The third-order valence-electron chi connectivity index (χ3n) is 4.60. The number of hydrogen-bond acceptors (Lipinski definition) is 7. The van der Waals surface area contributed by atoms with Crippen LogP contribution in [0.1, 0.15) is 32.3 Å². The van der Waals surface area contributed by atoms with E-state index in [-0.39, 0.29) is 18.9 Å². The SMILES string of the molecule is C=C(Nc1ccccc1)C1=C(NCc2ccnc(C)n2)CN(C(=O)OC(C)(C)C)CC1=O. The van der Waals surface area contributed by atoms with Crippen molar-refractivity contribution in [3.63, 3.8) is 0 Å². The van der Waals surface area contributed by atoms with E-state index in [9.17, 15) is 9.59 Å². The van der Waals surface area contributed by atoms with Gasteiger partial charge in [0.05, 0.1) is 30.9 Å². The number of carbonyl (C=O) groups is 2. The van der Waals surface area contributed by atoms with E-state index in [1.165, 1.54) is 4.90 Å². The molecular formula is C24H29N5O3. The van der Waals surface area contributed by atoms with Crippen molar-refractivity contribution in [2.45, 2.75) is 39.8 Å². The molecular weight excluding hydrogens is 406 g/mol. The van der Waals surface area contributed by atoms with Crippen LogP contribution in [-0.2, 0) is 16.1 Å². The number of benzene rings is 1. The number of rotatable bonds is 6. The van der Waals surface area contributed by atoms with Crippen molar-refractivity contribution in [3.8, 4) is 0 Å². The lowest BCUT2D eigenvalue weighted by Gasteiger charge is -2.32. The van der Waals surface area contributed by atoms with Gasteiger partial charge in [0, 0.05) is 23.3 Å². The number of hydrogen-bond donors (Lipinski definition) is 2. The molecule has 8 nitrogen and oxygen atoms in total. The molecule has 3 rings (SSSR count). The maximum atomic E-state index is 13.1. The van der Waals surface area contributed by atoms with Gasteiger partial charge in [-0.25, -0.2) is 14.8 Å². The highest BCUT2D eigenvalue weighted by Gasteiger charge is 2.32. The van der Waals surface area contributed by atoms with Gasteiger partial charge in [-0.1, -0.05) is 24.8 Å². The predicted octanol–water partition coefficient (Wildman–Crippen LogP) is 3.57. The molecule has 168 valence electrons. The average Bonchev–Trinajstić information content (AvgIpc) is 2.71. The Morgan fingerprint density at radius 2 is 1.91 bits per heavy atom. The molecule has 0 saturated heterocycles. The fourth-order valence-corrected chi connectivity index (χ4v) is 3.26. The maximum absolute atomic E-state index is 13.1. The Morgan fingerprint density at radius 3 is 2.56 bits per heavy atom. The van der Waals surface area contributed by atoms with Crippen molar-refractivity contribution in [2.75, 3.05) is 18.4 Å². The molecule has 8 heteroatoms. The number of ketones is 1. The van der Waals surface area contributed by atoms with Crippen LogP contribution >= 0.6 is 0 Å². The summed E-state index contributed by atoms with van der Waals surface area (Å²) in [7, 11) is 0. The molecule has 0 unspecified atom stereocenters. The number of allylic oxidation sites excluding steroid dienone is 1. The minimum atomic E-state index is -0.658. The molecule has 2 aromatic rings. The number of Topliss-reactive ketones (excluding diaryl/α,β-unsaturated/α-hetero) is 1. The predicted molar refractivity (Wildman–Crippen MR) is 123 cm³/mol. The van der Waals surface area contributed by atoms with Crippen molar-refractivity contribution in [3.05, 3.63) is 77.7 Å². The van der Waals surface area contributed by atoms with Crippen LogP contribution in [0.3, 0.4) is 0 Å². The Hall–Kier alpha value is -3.68. The zero-order valence-corrected chi connectivity index (χ0v) is 18.9. The van der Waals surface area contributed by atoms with E-state index in [2.05, 4.69) is 27.2 Å². The van der Waals surface area contributed by atoms with Gasteiger partial charge >= 0.3 is 6.09 Å². The number of carbonyl (C=O) groups excluding carboxylic acids is 2. The van der Waals surface area contributed by atoms with Crippen LogP contribution in [0.4, 0.5) is 10.5 Å². The number of para-hydroxylation sites is 1. The van der Waals surface area contributed by atoms with Crippen LogP contribution < -0.4 is 10.6 Å². The zero-order chi connectivity index (χ0) is 23.3. The first kappa shape index (κ1) is 23.0. The zero-order valence-electron chi connectivity index (χ0n) is 18.9. The largest absolute Gasteiger partial charge is 0.444 e. The summed E-state index contributed by atoms with van der Waals surface area (Å²) in [4.78, 5) is 35.6. The minimum absolute atomic E-state index is 0.0858. The molecule has 1 aromatic carbocycles. The molecule has 1 aliphatic rings. The first-order valence-corrected chi connectivity index (χ1v) is 10.4. The van der Waals surface area contributed by atoms with Gasteiger partial charge in [0.1, 0.15) is 11.4 Å². The number of ether oxygens (including phenoxy) is 1. The summed E-state index contributed by atoms with van der Waals surface area (Å²) in [5.74, 6) is 0.431. The minimum Gasteiger partial charge on any atom is -0.444 e. The van der Waals surface area contributed by atoms with Crippen molar-refractivity contribution in [2.24, 2.45) is 0 Å². The van der Waals surface area contributed by atoms with Crippen molar-refractivity contribution >= 4 is 17.6 Å². The van der Waals surface area contributed by atoms with Gasteiger partial charge in [-0.3, -0.25) is 9.69 Å². The summed E-state index contributed by atoms with van der Waals surface area (Å²) in [5.41, 5.74) is 2.41. The van der Waals surface area contributed by atoms with Gasteiger partial charge < -0.3 is 15.4 Å². The molecule has 2 N–H and O–H groups in total. The third kappa shape index (κ3) is 6.16. The average molecular weight is 436 g/mol. The summed E-state index contributed by atoms with van der Waals surface area (Å²) in [6.45, 7) is 11.7. The fraction of sp³-hybridized carbons (Fsp3) is 0.333. The maximum Gasteiger partial charge on any atom is 0.411 e. The molecule has 32 heavy (non-hydrogen) atoms. The van der Waals surface area contributed by atoms with Crippen LogP contribution in [0.15, 0.2) is 66.1 Å². The molecule has 2 heterocycles. The normalized spacial score (nSPS) is 14.2. The highest BCUT2D eigenvalue weighted by Crippen LogP contribution is 2.23. The van der Waals surface area contributed by atoms with Crippen molar-refractivity contribution in [1.29, 1.82) is 0 Å². The fourth-order valence-electron chi connectivity index (χ4n) is 3.26. The van der Waals surface area contributed by atoms with E-state index in [1.807, 2.05) is 37.3 Å².